The van der Waals surface area contributed by atoms with Crippen LogP contribution < -0.4 is 5.73 Å². The highest BCUT2D eigenvalue weighted by Crippen LogP contribution is 2.36. The van der Waals surface area contributed by atoms with Crippen molar-refractivity contribution in [2.45, 2.75) is 26.8 Å². The van der Waals surface area contributed by atoms with Crippen molar-refractivity contribution < 1.29 is 5.11 Å². The van der Waals surface area contributed by atoms with Crippen LogP contribution in [0.15, 0.2) is 22.7 Å². The highest BCUT2D eigenvalue weighted by Gasteiger charge is 2.24. The highest BCUT2D eigenvalue weighted by molar-refractivity contribution is 9.10. The van der Waals surface area contributed by atoms with Gasteiger partial charge in [-0.3, -0.25) is 0 Å². The average Bonchev–Trinajstić information content (AvgIpc) is 2.01. The van der Waals surface area contributed by atoms with E-state index in [1.54, 1.807) is 6.07 Å². The van der Waals surface area contributed by atoms with Gasteiger partial charge in [-0.15, -0.1) is 0 Å². The molecule has 0 saturated heterocycles. The molecule has 14 heavy (non-hydrogen) atoms. The molecule has 0 radical (unpaired) electrons. The Hall–Kier alpha value is -0.540. The molecule has 0 spiro atoms. The lowest BCUT2D eigenvalue weighted by Gasteiger charge is -2.27. The molecule has 0 aliphatic rings. The van der Waals surface area contributed by atoms with Gasteiger partial charge in [0.05, 0.1) is 0 Å². The molecule has 0 unspecified atom stereocenters. The maximum Gasteiger partial charge on any atom is 0.121 e. The summed E-state index contributed by atoms with van der Waals surface area (Å²) in [6, 6.07) is 5.26. The Labute approximate surface area is 93.3 Å². The van der Waals surface area contributed by atoms with E-state index in [4.69, 9.17) is 5.73 Å². The van der Waals surface area contributed by atoms with Crippen LogP contribution in [0.25, 0.3) is 0 Å². The van der Waals surface area contributed by atoms with Crippen LogP contribution >= 0.6 is 15.9 Å². The Morgan fingerprint density at radius 1 is 1.36 bits per heavy atom. The van der Waals surface area contributed by atoms with Gasteiger partial charge in [-0.05, 0) is 17.5 Å². The molecular weight excluding hydrogens is 242 g/mol. The fraction of sp³-hybridized carbons (Fsp3) is 0.455. The fourth-order valence-electron chi connectivity index (χ4n) is 1.25. The summed E-state index contributed by atoms with van der Waals surface area (Å²) in [6.07, 6.45) is 0. The van der Waals surface area contributed by atoms with Crippen molar-refractivity contribution in [1.82, 2.24) is 0 Å². The summed E-state index contributed by atoms with van der Waals surface area (Å²) in [7, 11) is 0. The summed E-state index contributed by atoms with van der Waals surface area (Å²) in [5, 5.41) is 9.72. The summed E-state index contributed by atoms with van der Waals surface area (Å²) in [6.45, 7) is 6.16. The minimum absolute atomic E-state index is 0.0503. The SMILES string of the molecule is CC(C)(C)[C@@H](N)c1ccc(Br)cc1O. The molecule has 0 saturated carbocycles. The van der Waals surface area contributed by atoms with Gasteiger partial charge in [0.15, 0.2) is 0 Å². The second kappa shape index (κ2) is 3.91. The Balaban J connectivity index is 3.08. The van der Waals surface area contributed by atoms with Crippen LogP contribution in [0.1, 0.15) is 32.4 Å². The van der Waals surface area contributed by atoms with Crippen molar-refractivity contribution in [3.05, 3.63) is 28.2 Å². The minimum atomic E-state index is -0.157. The topological polar surface area (TPSA) is 46.2 Å². The van der Waals surface area contributed by atoms with Crippen molar-refractivity contribution >= 4 is 15.9 Å². The Kier molecular flexibility index (Phi) is 3.22. The Morgan fingerprint density at radius 3 is 2.36 bits per heavy atom. The lowest BCUT2D eigenvalue weighted by atomic mass is 9.83. The monoisotopic (exact) mass is 257 g/mol. The molecule has 78 valence electrons. The summed E-state index contributed by atoms with van der Waals surface area (Å²) in [5.41, 5.74) is 6.79. The van der Waals surface area contributed by atoms with E-state index in [0.717, 1.165) is 10.0 Å². The molecule has 2 nitrogen and oxygen atoms in total. The third-order valence-electron chi connectivity index (χ3n) is 2.26. The zero-order valence-electron chi connectivity index (χ0n) is 8.71. The van der Waals surface area contributed by atoms with Crippen LogP contribution in [-0.4, -0.2) is 5.11 Å². The van der Waals surface area contributed by atoms with E-state index in [1.807, 2.05) is 12.1 Å². The molecule has 0 fully saturated rings. The van der Waals surface area contributed by atoms with Crippen molar-refractivity contribution in [2.24, 2.45) is 11.1 Å². The first-order chi connectivity index (χ1) is 6.32. The Bertz CT molecular complexity index is 331. The van der Waals surface area contributed by atoms with Crippen LogP contribution in [0.5, 0.6) is 5.75 Å². The maximum absolute atomic E-state index is 9.72. The first kappa shape index (κ1) is 11.5. The van der Waals surface area contributed by atoms with Gasteiger partial charge in [0.1, 0.15) is 5.75 Å². The van der Waals surface area contributed by atoms with Crippen LogP contribution in [-0.2, 0) is 0 Å². The zero-order chi connectivity index (χ0) is 10.9. The second-order valence-corrected chi connectivity index (χ2v) is 5.46. The smallest absolute Gasteiger partial charge is 0.121 e. The predicted octanol–water partition coefficient (Wildman–Crippen LogP) is 3.20. The van der Waals surface area contributed by atoms with Crippen molar-refractivity contribution in [1.29, 1.82) is 0 Å². The molecule has 1 aromatic rings. The molecule has 1 aromatic carbocycles. The van der Waals surface area contributed by atoms with Gasteiger partial charge in [-0.25, -0.2) is 0 Å². The third-order valence-corrected chi connectivity index (χ3v) is 2.75. The lowest BCUT2D eigenvalue weighted by molar-refractivity contribution is 0.317. The van der Waals surface area contributed by atoms with Crippen LogP contribution in [0, 0.1) is 5.41 Å². The maximum atomic E-state index is 9.72. The number of hydrogen-bond donors (Lipinski definition) is 2. The highest BCUT2D eigenvalue weighted by atomic mass is 79.9. The van der Waals surface area contributed by atoms with Crippen molar-refractivity contribution in [2.75, 3.05) is 0 Å². The first-order valence-electron chi connectivity index (χ1n) is 4.56. The molecule has 1 atom stereocenters. The number of rotatable bonds is 1. The number of phenolic OH excluding ortho intramolecular Hbond substituents is 1. The van der Waals surface area contributed by atoms with E-state index in [9.17, 15) is 5.11 Å². The fourth-order valence-corrected chi connectivity index (χ4v) is 1.60. The average molecular weight is 258 g/mol. The number of hydrogen-bond acceptors (Lipinski definition) is 2. The molecule has 0 bridgehead atoms. The van der Waals surface area contributed by atoms with Gasteiger partial charge < -0.3 is 10.8 Å². The number of benzene rings is 1. The van der Waals surface area contributed by atoms with E-state index >= 15 is 0 Å². The van der Waals surface area contributed by atoms with E-state index in [2.05, 4.69) is 36.7 Å². The standard InChI is InChI=1S/C11H16BrNO/c1-11(2,3)10(13)8-5-4-7(12)6-9(8)14/h4-6,10,14H,13H2,1-3H3/t10-/m0/s1. The molecule has 0 aromatic heterocycles. The number of nitrogens with two attached hydrogens (primary N) is 1. The van der Waals surface area contributed by atoms with Gasteiger partial charge in [-0.2, -0.15) is 0 Å². The lowest BCUT2D eigenvalue weighted by Crippen LogP contribution is -2.26. The van der Waals surface area contributed by atoms with E-state index < -0.39 is 0 Å². The van der Waals surface area contributed by atoms with Crippen LogP contribution in [0.2, 0.25) is 0 Å². The normalized spacial score (nSPS) is 14.1. The van der Waals surface area contributed by atoms with Gasteiger partial charge in [0, 0.05) is 16.1 Å². The van der Waals surface area contributed by atoms with Crippen LogP contribution in [0.3, 0.4) is 0 Å². The minimum Gasteiger partial charge on any atom is -0.508 e. The quantitative estimate of drug-likeness (QED) is 0.812. The molecule has 3 heteroatoms. The van der Waals surface area contributed by atoms with Gasteiger partial charge in [0.2, 0.25) is 0 Å². The number of phenols is 1. The van der Waals surface area contributed by atoms with E-state index in [1.165, 1.54) is 0 Å². The largest absolute Gasteiger partial charge is 0.508 e. The van der Waals surface area contributed by atoms with Crippen molar-refractivity contribution in [3.8, 4) is 5.75 Å². The number of aromatic hydroxyl groups is 1. The number of halogens is 1. The van der Waals surface area contributed by atoms with Gasteiger partial charge in [0.25, 0.3) is 0 Å². The second-order valence-electron chi connectivity index (χ2n) is 4.55. The summed E-state index contributed by atoms with van der Waals surface area (Å²) in [4.78, 5) is 0. The molecule has 0 amide bonds. The molecule has 3 N–H and O–H groups in total. The first-order valence-corrected chi connectivity index (χ1v) is 5.35. The summed E-state index contributed by atoms with van der Waals surface area (Å²) in [5.74, 6) is 0.252. The molecule has 1 rings (SSSR count). The zero-order valence-corrected chi connectivity index (χ0v) is 10.3. The molecule has 0 aliphatic heterocycles. The summed E-state index contributed by atoms with van der Waals surface area (Å²) >= 11 is 3.30. The Morgan fingerprint density at radius 2 is 1.93 bits per heavy atom. The predicted molar refractivity (Wildman–Crippen MR) is 62.2 cm³/mol. The summed E-state index contributed by atoms with van der Waals surface area (Å²) < 4.78 is 0.861. The van der Waals surface area contributed by atoms with Crippen molar-refractivity contribution in [3.63, 3.8) is 0 Å². The molecule has 0 aliphatic carbocycles. The van der Waals surface area contributed by atoms with E-state index in [-0.39, 0.29) is 17.2 Å². The molecular formula is C11H16BrNO. The third kappa shape index (κ3) is 2.49. The van der Waals surface area contributed by atoms with Gasteiger partial charge >= 0.3 is 0 Å². The van der Waals surface area contributed by atoms with Gasteiger partial charge in [-0.1, -0.05) is 42.8 Å². The molecule has 0 heterocycles. The van der Waals surface area contributed by atoms with E-state index in [0.29, 0.717) is 0 Å². The van der Waals surface area contributed by atoms with Crippen LogP contribution in [0.4, 0.5) is 0 Å².